The minimum Gasteiger partial charge on any atom is -0.391 e. The zero-order chi connectivity index (χ0) is 36.3. The maximum atomic E-state index is 12.6. The van der Waals surface area contributed by atoms with E-state index in [1.165, 1.54) is 161 Å². The molecule has 0 aliphatic rings. The summed E-state index contributed by atoms with van der Waals surface area (Å²) in [5.74, 6) is -1.44. The molecular weight excluding hydrogens is 635 g/mol. The molecule has 0 saturated carbocycles. The molecule has 3 atom stereocenters. The van der Waals surface area contributed by atoms with Crippen LogP contribution in [0.25, 0.3) is 0 Å². The number of hydrogen-bond acceptors (Lipinski definition) is 5. The van der Waals surface area contributed by atoms with Gasteiger partial charge in [-0.2, -0.15) is 8.42 Å². The van der Waals surface area contributed by atoms with Gasteiger partial charge in [-0.1, -0.05) is 219 Å². The lowest BCUT2D eigenvalue weighted by molar-refractivity contribution is -0.131. The van der Waals surface area contributed by atoms with E-state index in [0.717, 1.165) is 44.9 Å². The van der Waals surface area contributed by atoms with Crippen LogP contribution >= 0.6 is 0 Å². The minimum atomic E-state index is -4.40. The number of carbonyl (C=O) groups is 1. The Balaban J connectivity index is 3.93. The number of aliphatic hydroxyl groups is 2. The molecule has 0 bridgehead atoms. The van der Waals surface area contributed by atoms with Gasteiger partial charge in [0.2, 0.25) is 5.91 Å². The predicted molar refractivity (Wildman–Crippen MR) is 209 cm³/mol. The highest BCUT2D eigenvalue weighted by atomic mass is 32.2. The third-order valence-electron chi connectivity index (χ3n) is 10.2. The Bertz CT molecular complexity index is 808. The molecule has 0 spiro atoms. The van der Waals surface area contributed by atoms with Crippen LogP contribution in [-0.2, 0) is 14.9 Å². The van der Waals surface area contributed by atoms with Crippen LogP contribution in [0.3, 0.4) is 0 Å². The first-order chi connectivity index (χ1) is 23.7. The number of carbonyl (C=O) groups excluding carboxylic acids is 1. The van der Waals surface area contributed by atoms with E-state index >= 15 is 0 Å². The van der Waals surface area contributed by atoms with E-state index in [0.29, 0.717) is 12.8 Å². The fourth-order valence-corrected chi connectivity index (χ4v) is 7.63. The van der Waals surface area contributed by atoms with E-state index in [1.807, 2.05) is 0 Å². The molecule has 0 aromatic carbocycles. The fraction of sp³-hybridized carbons (Fsp3) is 0.976. The molecule has 8 heteroatoms. The lowest BCUT2D eigenvalue weighted by Crippen LogP contribution is -2.50. The number of rotatable bonds is 39. The van der Waals surface area contributed by atoms with Crippen molar-refractivity contribution >= 4 is 16.0 Å². The van der Waals surface area contributed by atoms with Crippen molar-refractivity contribution in [1.82, 2.24) is 5.32 Å². The molecule has 7 nitrogen and oxygen atoms in total. The molecule has 0 radical (unpaired) electrons. The largest absolute Gasteiger partial charge is 0.391 e. The molecule has 0 saturated heterocycles. The van der Waals surface area contributed by atoms with Crippen molar-refractivity contribution in [2.75, 3.05) is 5.75 Å². The molecule has 4 N–H and O–H groups in total. The van der Waals surface area contributed by atoms with Gasteiger partial charge in [-0.3, -0.25) is 9.35 Å². The van der Waals surface area contributed by atoms with Gasteiger partial charge in [0.15, 0.2) is 0 Å². The number of aliphatic hydroxyl groups excluding tert-OH is 2. The molecule has 0 aromatic rings. The van der Waals surface area contributed by atoms with Crippen molar-refractivity contribution in [2.45, 2.75) is 250 Å². The van der Waals surface area contributed by atoms with Crippen LogP contribution in [0.2, 0.25) is 0 Å². The smallest absolute Gasteiger partial charge is 0.266 e. The Kier molecular flexibility index (Phi) is 35.2. The first kappa shape index (κ1) is 48.3. The average molecular weight is 718 g/mol. The molecular formula is C41H83NO6S. The summed E-state index contributed by atoms with van der Waals surface area (Å²) in [6.45, 7) is 4.52. The van der Waals surface area contributed by atoms with E-state index in [-0.39, 0.29) is 0 Å². The summed E-state index contributed by atoms with van der Waals surface area (Å²) >= 11 is 0. The molecule has 0 rings (SSSR count). The summed E-state index contributed by atoms with van der Waals surface area (Å²) in [5, 5.41) is 23.6. The first-order valence-corrected chi connectivity index (χ1v) is 22.9. The summed E-state index contributed by atoms with van der Waals surface area (Å²) in [6, 6.07) is -1.14. The van der Waals surface area contributed by atoms with E-state index in [9.17, 15) is 28.0 Å². The topological polar surface area (TPSA) is 124 Å². The standard InChI is InChI=1S/C41H83NO6S/c1-3-5-7-9-11-13-15-17-19-21-23-25-27-29-31-33-35-39(43)38(37-49(46,47)48)42-41(45)40(44)36-34-32-30-28-26-24-22-20-18-16-14-12-10-8-6-4-2/h38-40,43-44H,3-37H2,1-2H3,(H,42,45)(H,46,47,48). The predicted octanol–water partition coefficient (Wildman–Crippen LogP) is 11.4. The van der Waals surface area contributed by atoms with Crippen LogP contribution in [0.1, 0.15) is 232 Å². The molecule has 49 heavy (non-hydrogen) atoms. The van der Waals surface area contributed by atoms with Crippen molar-refractivity contribution < 1.29 is 28.0 Å². The molecule has 0 aliphatic carbocycles. The highest BCUT2D eigenvalue weighted by molar-refractivity contribution is 7.85. The Morgan fingerprint density at radius 1 is 0.469 bits per heavy atom. The SMILES string of the molecule is CCCCCCCCCCCCCCCCCCC(O)C(=O)NC(CS(=O)(=O)O)C(O)CCCCCCCCCCCCCCCCCC. The van der Waals surface area contributed by atoms with Gasteiger partial charge in [-0.15, -0.1) is 0 Å². The van der Waals surface area contributed by atoms with Gasteiger partial charge >= 0.3 is 0 Å². The zero-order valence-electron chi connectivity index (χ0n) is 32.5. The molecule has 294 valence electrons. The second-order valence-corrected chi connectivity index (χ2v) is 16.6. The van der Waals surface area contributed by atoms with E-state index in [4.69, 9.17) is 0 Å². The monoisotopic (exact) mass is 718 g/mol. The quantitative estimate of drug-likeness (QED) is 0.0371. The number of hydrogen-bond donors (Lipinski definition) is 4. The average Bonchev–Trinajstić information content (AvgIpc) is 3.06. The van der Waals surface area contributed by atoms with Crippen LogP contribution < -0.4 is 5.32 Å². The summed E-state index contributed by atoms with van der Waals surface area (Å²) in [5.41, 5.74) is 0. The minimum absolute atomic E-state index is 0.304. The zero-order valence-corrected chi connectivity index (χ0v) is 33.3. The maximum absolute atomic E-state index is 12.6. The lowest BCUT2D eigenvalue weighted by atomic mass is 10.0. The highest BCUT2D eigenvalue weighted by Crippen LogP contribution is 2.17. The summed E-state index contributed by atoms with van der Waals surface area (Å²) in [6.07, 6.45) is 38.3. The third kappa shape index (κ3) is 35.5. The van der Waals surface area contributed by atoms with Gasteiger partial charge in [0.1, 0.15) is 6.10 Å². The van der Waals surface area contributed by atoms with Gasteiger partial charge in [0, 0.05) is 0 Å². The summed E-state index contributed by atoms with van der Waals surface area (Å²) in [7, 11) is -4.40. The maximum Gasteiger partial charge on any atom is 0.266 e. The number of nitrogens with one attached hydrogen (secondary N) is 1. The highest BCUT2D eigenvalue weighted by Gasteiger charge is 2.28. The second-order valence-electron chi connectivity index (χ2n) is 15.1. The second kappa shape index (κ2) is 35.7. The van der Waals surface area contributed by atoms with Crippen molar-refractivity contribution in [3.63, 3.8) is 0 Å². The van der Waals surface area contributed by atoms with E-state index in [1.54, 1.807) is 0 Å². The Hall–Kier alpha value is -0.700. The lowest BCUT2D eigenvalue weighted by Gasteiger charge is -2.24. The van der Waals surface area contributed by atoms with Gasteiger partial charge in [0.05, 0.1) is 17.9 Å². The third-order valence-corrected chi connectivity index (χ3v) is 10.9. The molecule has 0 heterocycles. The molecule has 0 fully saturated rings. The Morgan fingerprint density at radius 2 is 0.735 bits per heavy atom. The number of amides is 1. The fourth-order valence-electron chi connectivity index (χ4n) is 6.87. The van der Waals surface area contributed by atoms with Crippen LogP contribution in [0.15, 0.2) is 0 Å². The molecule has 0 aromatic heterocycles. The van der Waals surface area contributed by atoms with Crippen molar-refractivity contribution in [3.8, 4) is 0 Å². The Morgan fingerprint density at radius 3 is 1.02 bits per heavy atom. The van der Waals surface area contributed by atoms with Crippen molar-refractivity contribution in [2.24, 2.45) is 0 Å². The molecule has 0 aliphatic heterocycles. The summed E-state index contributed by atoms with van der Waals surface area (Å²) < 4.78 is 32.6. The van der Waals surface area contributed by atoms with Gasteiger partial charge in [-0.05, 0) is 12.8 Å². The summed E-state index contributed by atoms with van der Waals surface area (Å²) in [4.78, 5) is 12.6. The van der Waals surface area contributed by atoms with E-state index < -0.39 is 40.0 Å². The van der Waals surface area contributed by atoms with Crippen molar-refractivity contribution in [1.29, 1.82) is 0 Å². The van der Waals surface area contributed by atoms with Crippen LogP contribution in [0.4, 0.5) is 0 Å². The number of unbranched alkanes of at least 4 members (excludes halogenated alkanes) is 30. The normalized spacial score (nSPS) is 13.8. The molecule has 3 unspecified atom stereocenters. The van der Waals surface area contributed by atoms with Crippen LogP contribution in [0.5, 0.6) is 0 Å². The Labute approximate surface area is 304 Å². The van der Waals surface area contributed by atoms with Crippen molar-refractivity contribution in [3.05, 3.63) is 0 Å². The van der Waals surface area contributed by atoms with Gasteiger partial charge < -0.3 is 15.5 Å². The first-order valence-electron chi connectivity index (χ1n) is 21.3. The molecule has 1 amide bonds. The van der Waals surface area contributed by atoms with E-state index in [2.05, 4.69) is 19.2 Å². The van der Waals surface area contributed by atoms with Gasteiger partial charge in [0.25, 0.3) is 10.1 Å². The van der Waals surface area contributed by atoms with Crippen LogP contribution in [0, 0.1) is 0 Å². The van der Waals surface area contributed by atoms with Gasteiger partial charge in [-0.25, -0.2) is 0 Å². The van der Waals surface area contributed by atoms with Crippen LogP contribution in [-0.4, -0.2) is 53.1 Å².